The zero-order chi connectivity index (χ0) is 15.4. The number of rotatable bonds is 5. The molecule has 0 radical (unpaired) electrons. The van der Waals surface area contributed by atoms with Crippen molar-refractivity contribution in [1.29, 1.82) is 0 Å². The number of hydrogen-bond acceptors (Lipinski definition) is 4. The third-order valence-electron chi connectivity index (χ3n) is 2.79. The van der Waals surface area contributed by atoms with Crippen LogP contribution in [0.15, 0.2) is 24.3 Å². The van der Waals surface area contributed by atoms with Crippen molar-refractivity contribution in [3.05, 3.63) is 35.7 Å². The highest BCUT2D eigenvalue weighted by Gasteiger charge is 2.16. The average Bonchev–Trinajstić information content (AvgIpc) is 2.81. The molecule has 1 heterocycles. The maximum atomic E-state index is 12.0. The number of aromatic amines is 1. The molecule has 4 N–H and O–H groups in total. The predicted molar refractivity (Wildman–Crippen MR) is 73.4 cm³/mol. The molecule has 0 bridgehead atoms. The molecule has 2 rings (SSSR count). The largest absolute Gasteiger partial charge is 0.435 e. The van der Waals surface area contributed by atoms with Crippen LogP contribution in [0.1, 0.15) is 23.1 Å². The first kappa shape index (κ1) is 14.8. The molecule has 112 valence electrons. The van der Waals surface area contributed by atoms with E-state index in [9.17, 15) is 13.6 Å². The maximum absolute atomic E-state index is 12.0. The number of nitrogens with zero attached hydrogens (tertiary/aromatic N) is 1. The Morgan fingerprint density at radius 1 is 1.43 bits per heavy atom. The zero-order valence-electron chi connectivity index (χ0n) is 11.2. The zero-order valence-corrected chi connectivity index (χ0v) is 11.2. The van der Waals surface area contributed by atoms with Crippen LogP contribution in [-0.2, 0) is 6.42 Å². The molecule has 6 nitrogen and oxygen atoms in total. The van der Waals surface area contributed by atoms with E-state index in [1.807, 2.05) is 6.92 Å². The lowest BCUT2D eigenvalue weighted by Crippen LogP contribution is -2.14. The van der Waals surface area contributed by atoms with E-state index in [1.165, 1.54) is 24.3 Å². The van der Waals surface area contributed by atoms with Crippen molar-refractivity contribution in [1.82, 2.24) is 10.2 Å². The summed E-state index contributed by atoms with van der Waals surface area (Å²) in [5.74, 6) is -0.471. The van der Waals surface area contributed by atoms with Crippen molar-refractivity contribution in [2.24, 2.45) is 0 Å². The molecular formula is C13H14F2N4O2. The SMILES string of the molecule is CCc1[nH]nc(C(=O)Nc2ccc(OC(F)F)cc2)c1N. The second kappa shape index (κ2) is 6.21. The summed E-state index contributed by atoms with van der Waals surface area (Å²) in [6, 6.07) is 5.54. The summed E-state index contributed by atoms with van der Waals surface area (Å²) in [5.41, 5.74) is 7.29. The fourth-order valence-electron chi connectivity index (χ4n) is 1.74. The smallest absolute Gasteiger partial charge is 0.387 e. The number of alkyl halides is 2. The molecule has 1 aromatic heterocycles. The third-order valence-corrected chi connectivity index (χ3v) is 2.79. The van der Waals surface area contributed by atoms with Crippen LogP contribution >= 0.6 is 0 Å². The summed E-state index contributed by atoms with van der Waals surface area (Å²) in [6.45, 7) is -1.01. The van der Waals surface area contributed by atoms with Crippen molar-refractivity contribution in [2.75, 3.05) is 11.1 Å². The molecule has 8 heteroatoms. The van der Waals surface area contributed by atoms with Crippen LogP contribution in [0.2, 0.25) is 0 Å². The quantitative estimate of drug-likeness (QED) is 0.790. The second-order valence-electron chi connectivity index (χ2n) is 4.18. The van der Waals surface area contributed by atoms with Gasteiger partial charge in [-0.3, -0.25) is 9.89 Å². The third kappa shape index (κ3) is 3.47. The molecule has 0 atom stereocenters. The molecule has 21 heavy (non-hydrogen) atoms. The van der Waals surface area contributed by atoms with E-state index >= 15 is 0 Å². The Bertz CT molecular complexity index is 626. The van der Waals surface area contributed by atoms with Gasteiger partial charge in [0.2, 0.25) is 0 Å². The Hall–Kier alpha value is -2.64. The number of H-pyrrole nitrogens is 1. The number of anilines is 2. The lowest BCUT2D eigenvalue weighted by molar-refractivity contribution is -0.0498. The molecule has 0 unspecified atom stereocenters. The van der Waals surface area contributed by atoms with Gasteiger partial charge >= 0.3 is 6.61 Å². The Morgan fingerprint density at radius 2 is 2.10 bits per heavy atom. The Morgan fingerprint density at radius 3 is 2.62 bits per heavy atom. The van der Waals surface area contributed by atoms with E-state index in [0.717, 1.165) is 0 Å². The highest BCUT2D eigenvalue weighted by atomic mass is 19.3. The first-order valence-corrected chi connectivity index (χ1v) is 6.20. The summed E-state index contributed by atoms with van der Waals surface area (Å²) in [6.07, 6.45) is 0.631. The lowest BCUT2D eigenvalue weighted by Gasteiger charge is -2.07. The molecule has 0 spiro atoms. The maximum Gasteiger partial charge on any atom is 0.387 e. The number of carbonyl (C=O) groups is 1. The molecule has 0 aliphatic heterocycles. The van der Waals surface area contributed by atoms with Gasteiger partial charge in [0.05, 0.1) is 11.4 Å². The summed E-state index contributed by atoms with van der Waals surface area (Å²) in [7, 11) is 0. The first-order chi connectivity index (χ1) is 10.0. The Kier molecular flexibility index (Phi) is 4.36. The molecule has 2 aromatic rings. The van der Waals surface area contributed by atoms with Crippen LogP contribution in [-0.4, -0.2) is 22.7 Å². The van der Waals surface area contributed by atoms with Crippen molar-refractivity contribution < 1.29 is 18.3 Å². The number of benzene rings is 1. The van der Waals surface area contributed by atoms with Crippen molar-refractivity contribution in [3.8, 4) is 5.75 Å². The summed E-state index contributed by atoms with van der Waals surface area (Å²) in [4.78, 5) is 12.0. The number of nitrogens with two attached hydrogens (primary N) is 1. The van der Waals surface area contributed by atoms with Gasteiger partial charge in [0.25, 0.3) is 5.91 Å². The second-order valence-corrected chi connectivity index (χ2v) is 4.18. The minimum absolute atomic E-state index is 0.00977. The molecule has 0 saturated heterocycles. The molecule has 0 aliphatic rings. The first-order valence-electron chi connectivity index (χ1n) is 6.20. The van der Waals surface area contributed by atoms with Crippen LogP contribution in [0.3, 0.4) is 0 Å². The van der Waals surface area contributed by atoms with Crippen LogP contribution in [0.4, 0.5) is 20.2 Å². The monoisotopic (exact) mass is 296 g/mol. The number of nitrogen functional groups attached to an aromatic ring is 1. The summed E-state index contributed by atoms with van der Waals surface area (Å²) < 4.78 is 28.2. The fraction of sp³-hybridized carbons (Fsp3) is 0.231. The van der Waals surface area contributed by atoms with Gasteiger partial charge in [-0.25, -0.2) is 0 Å². The van der Waals surface area contributed by atoms with Gasteiger partial charge in [-0.05, 0) is 30.7 Å². The number of aryl methyl sites for hydroxylation is 1. The molecular weight excluding hydrogens is 282 g/mol. The lowest BCUT2D eigenvalue weighted by atomic mass is 10.2. The van der Waals surface area contributed by atoms with Crippen molar-refractivity contribution in [3.63, 3.8) is 0 Å². The highest BCUT2D eigenvalue weighted by molar-refractivity contribution is 6.06. The van der Waals surface area contributed by atoms with Crippen LogP contribution in [0, 0.1) is 0 Å². The number of halogens is 2. The van der Waals surface area contributed by atoms with Gasteiger partial charge in [-0.2, -0.15) is 13.9 Å². The summed E-state index contributed by atoms with van der Waals surface area (Å²) in [5, 5.41) is 9.11. The van der Waals surface area contributed by atoms with E-state index in [1.54, 1.807) is 0 Å². The standard InChI is InChI=1S/C13H14F2N4O2/c1-2-9-10(16)11(19-18-9)12(20)17-7-3-5-8(6-4-7)21-13(14)15/h3-6,13H,2,16H2,1H3,(H,17,20)(H,18,19). The van der Waals surface area contributed by atoms with Gasteiger partial charge in [0, 0.05) is 5.69 Å². The van der Waals surface area contributed by atoms with Gasteiger partial charge in [0.15, 0.2) is 5.69 Å². The van der Waals surface area contributed by atoms with E-state index < -0.39 is 12.5 Å². The molecule has 0 saturated carbocycles. The Balaban J connectivity index is 2.07. The van der Waals surface area contributed by atoms with E-state index in [-0.39, 0.29) is 11.4 Å². The molecule has 1 amide bonds. The topological polar surface area (TPSA) is 93.0 Å². The number of carbonyl (C=O) groups excluding carboxylic acids is 1. The summed E-state index contributed by atoms with van der Waals surface area (Å²) >= 11 is 0. The van der Waals surface area contributed by atoms with Crippen molar-refractivity contribution >= 4 is 17.3 Å². The number of amides is 1. The van der Waals surface area contributed by atoms with E-state index in [4.69, 9.17) is 5.73 Å². The molecule has 0 aliphatic carbocycles. The predicted octanol–water partition coefficient (Wildman–Crippen LogP) is 2.41. The minimum Gasteiger partial charge on any atom is -0.435 e. The van der Waals surface area contributed by atoms with Gasteiger partial charge in [0.1, 0.15) is 5.75 Å². The van der Waals surface area contributed by atoms with Gasteiger partial charge in [-0.1, -0.05) is 6.92 Å². The number of ether oxygens (including phenoxy) is 1. The fourth-order valence-corrected chi connectivity index (χ4v) is 1.74. The van der Waals surface area contributed by atoms with Crippen molar-refractivity contribution in [2.45, 2.75) is 20.0 Å². The Labute approximate surface area is 119 Å². The van der Waals surface area contributed by atoms with E-state index in [0.29, 0.717) is 23.5 Å². The highest BCUT2D eigenvalue weighted by Crippen LogP contribution is 2.20. The van der Waals surface area contributed by atoms with Crippen LogP contribution in [0.5, 0.6) is 5.75 Å². The number of aromatic nitrogens is 2. The number of hydrogen-bond donors (Lipinski definition) is 3. The average molecular weight is 296 g/mol. The van der Waals surface area contributed by atoms with Crippen LogP contribution < -0.4 is 15.8 Å². The number of nitrogens with one attached hydrogen (secondary N) is 2. The minimum atomic E-state index is -2.89. The normalized spacial score (nSPS) is 10.7. The molecule has 0 fully saturated rings. The molecule has 1 aromatic carbocycles. The van der Waals surface area contributed by atoms with Crippen LogP contribution in [0.25, 0.3) is 0 Å². The van der Waals surface area contributed by atoms with Gasteiger partial charge in [-0.15, -0.1) is 0 Å². The van der Waals surface area contributed by atoms with Gasteiger partial charge < -0.3 is 15.8 Å². The van der Waals surface area contributed by atoms with E-state index in [2.05, 4.69) is 20.3 Å².